The maximum atomic E-state index is 12.7. The van der Waals surface area contributed by atoms with Crippen molar-refractivity contribution in [3.63, 3.8) is 0 Å². The van der Waals surface area contributed by atoms with Crippen LogP contribution in [0.1, 0.15) is 36.0 Å². The summed E-state index contributed by atoms with van der Waals surface area (Å²) in [5.74, 6) is -1.46. The lowest BCUT2D eigenvalue weighted by molar-refractivity contribution is -0.124. The van der Waals surface area contributed by atoms with E-state index >= 15 is 0 Å². The van der Waals surface area contributed by atoms with Crippen molar-refractivity contribution < 1.29 is 22.7 Å². The number of hydrogen-bond donors (Lipinski definition) is 1. The molecule has 1 aliphatic heterocycles. The molecule has 1 heterocycles. The molecule has 146 valence electrons. The second-order valence-corrected chi connectivity index (χ2v) is 8.29. The Morgan fingerprint density at radius 3 is 2.63 bits per heavy atom. The molecule has 0 aliphatic carbocycles. The number of sulfonamides is 1. The number of halogens is 1. The minimum Gasteiger partial charge on any atom is -0.452 e. The number of esters is 1. The normalized spacial score (nSPS) is 15.0. The van der Waals surface area contributed by atoms with Crippen LogP contribution in [-0.4, -0.2) is 50.8 Å². The van der Waals surface area contributed by atoms with E-state index in [4.69, 9.17) is 21.6 Å². The first kappa shape index (κ1) is 21.2. The van der Waals surface area contributed by atoms with Crippen molar-refractivity contribution in [2.24, 2.45) is 0 Å². The van der Waals surface area contributed by atoms with Gasteiger partial charge in [-0.05, 0) is 31.0 Å². The van der Waals surface area contributed by atoms with Crippen molar-refractivity contribution in [3.8, 4) is 6.07 Å². The largest absolute Gasteiger partial charge is 0.452 e. The lowest BCUT2D eigenvalue weighted by Crippen LogP contribution is -2.35. The Hall–Kier alpha value is -2.15. The van der Waals surface area contributed by atoms with Crippen LogP contribution >= 0.6 is 11.6 Å². The Morgan fingerprint density at radius 2 is 1.96 bits per heavy atom. The first-order valence-corrected chi connectivity index (χ1v) is 10.3. The highest BCUT2D eigenvalue weighted by molar-refractivity contribution is 7.89. The molecule has 0 unspecified atom stereocenters. The molecule has 0 radical (unpaired) electrons. The minimum atomic E-state index is -3.72. The van der Waals surface area contributed by atoms with E-state index < -0.39 is 28.5 Å². The Labute approximate surface area is 163 Å². The van der Waals surface area contributed by atoms with Gasteiger partial charge in [0.05, 0.1) is 28.0 Å². The third-order valence-electron chi connectivity index (χ3n) is 4.00. The predicted molar refractivity (Wildman–Crippen MR) is 97.6 cm³/mol. The van der Waals surface area contributed by atoms with Gasteiger partial charge >= 0.3 is 5.97 Å². The Bertz CT molecular complexity index is 845. The summed E-state index contributed by atoms with van der Waals surface area (Å²) < 4.78 is 31.7. The number of nitriles is 1. The van der Waals surface area contributed by atoms with Crippen molar-refractivity contribution in [1.82, 2.24) is 9.62 Å². The molecule has 8 nitrogen and oxygen atoms in total. The molecule has 1 aromatic carbocycles. The molecule has 2 rings (SSSR count). The van der Waals surface area contributed by atoms with E-state index in [2.05, 4.69) is 5.32 Å². The fraction of sp³-hybridized carbons (Fsp3) is 0.471. The summed E-state index contributed by atoms with van der Waals surface area (Å²) in [6, 6.07) is 5.70. The number of hydrogen-bond acceptors (Lipinski definition) is 6. The van der Waals surface area contributed by atoms with Crippen LogP contribution in [0, 0.1) is 11.3 Å². The van der Waals surface area contributed by atoms with Gasteiger partial charge in [-0.1, -0.05) is 18.0 Å². The molecule has 27 heavy (non-hydrogen) atoms. The minimum absolute atomic E-state index is 0.0301. The summed E-state index contributed by atoms with van der Waals surface area (Å²) in [7, 11) is -3.72. The van der Waals surface area contributed by atoms with Gasteiger partial charge in [-0.2, -0.15) is 9.57 Å². The molecule has 1 aliphatic rings. The Balaban J connectivity index is 2.09. The van der Waals surface area contributed by atoms with E-state index in [1.807, 2.05) is 6.07 Å². The van der Waals surface area contributed by atoms with Crippen LogP contribution in [0.15, 0.2) is 23.1 Å². The number of carbonyl (C=O) groups is 2. The number of nitrogens with zero attached hydrogens (tertiary/aromatic N) is 2. The monoisotopic (exact) mass is 413 g/mol. The number of carbonyl (C=O) groups excluding carboxylic acids is 2. The van der Waals surface area contributed by atoms with Crippen LogP contribution in [0.4, 0.5) is 0 Å². The molecule has 1 fully saturated rings. The lowest BCUT2D eigenvalue weighted by Gasteiger charge is -2.26. The van der Waals surface area contributed by atoms with Crippen LogP contribution in [0.25, 0.3) is 0 Å². The van der Waals surface area contributed by atoms with E-state index in [-0.39, 0.29) is 28.4 Å². The molecule has 0 spiro atoms. The molecular weight excluding hydrogens is 394 g/mol. The van der Waals surface area contributed by atoms with Crippen molar-refractivity contribution in [3.05, 3.63) is 28.8 Å². The van der Waals surface area contributed by atoms with Gasteiger partial charge in [-0.3, -0.25) is 4.79 Å². The third-order valence-corrected chi connectivity index (χ3v) is 6.23. The topological polar surface area (TPSA) is 117 Å². The third kappa shape index (κ3) is 5.66. The first-order valence-electron chi connectivity index (χ1n) is 8.46. The number of nitrogens with one attached hydrogen (secondary N) is 1. The van der Waals surface area contributed by atoms with Crippen molar-refractivity contribution in [2.75, 3.05) is 26.2 Å². The zero-order chi connectivity index (χ0) is 19.9. The maximum Gasteiger partial charge on any atom is 0.340 e. The number of piperidine rings is 1. The van der Waals surface area contributed by atoms with Gasteiger partial charge in [-0.25, -0.2) is 13.2 Å². The van der Waals surface area contributed by atoms with Gasteiger partial charge < -0.3 is 10.1 Å². The number of amides is 1. The molecule has 0 aromatic heterocycles. The highest BCUT2D eigenvalue weighted by Crippen LogP contribution is 2.25. The smallest absolute Gasteiger partial charge is 0.340 e. The molecule has 1 amide bonds. The van der Waals surface area contributed by atoms with E-state index in [1.54, 1.807) is 0 Å². The number of rotatable bonds is 7. The van der Waals surface area contributed by atoms with Crippen molar-refractivity contribution in [1.29, 1.82) is 5.26 Å². The van der Waals surface area contributed by atoms with Gasteiger partial charge in [0.2, 0.25) is 10.0 Å². The zero-order valence-corrected chi connectivity index (χ0v) is 16.2. The second kappa shape index (κ2) is 9.69. The summed E-state index contributed by atoms with van der Waals surface area (Å²) in [6.07, 6.45) is 2.72. The average molecular weight is 414 g/mol. The molecule has 1 N–H and O–H groups in total. The van der Waals surface area contributed by atoms with Crippen LogP contribution in [0.5, 0.6) is 0 Å². The Kier molecular flexibility index (Phi) is 7.59. The van der Waals surface area contributed by atoms with E-state index in [0.717, 1.165) is 19.3 Å². The second-order valence-electron chi connectivity index (χ2n) is 5.94. The van der Waals surface area contributed by atoms with E-state index in [0.29, 0.717) is 13.1 Å². The number of ether oxygens (including phenoxy) is 1. The van der Waals surface area contributed by atoms with Crippen molar-refractivity contribution in [2.45, 2.75) is 30.6 Å². The fourth-order valence-electron chi connectivity index (χ4n) is 2.59. The molecule has 0 atom stereocenters. The van der Waals surface area contributed by atoms with Gasteiger partial charge in [0, 0.05) is 19.6 Å². The van der Waals surface area contributed by atoms with Crippen molar-refractivity contribution >= 4 is 33.5 Å². The highest BCUT2D eigenvalue weighted by atomic mass is 35.5. The summed E-state index contributed by atoms with van der Waals surface area (Å²) in [5.41, 5.74) is -0.125. The van der Waals surface area contributed by atoms with Gasteiger partial charge in [0.25, 0.3) is 5.91 Å². The van der Waals surface area contributed by atoms with E-state index in [9.17, 15) is 18.0 Å². The maximum absolute atomic E-state index is 12.7. The van der Waals surface area contributed by atoms with E-state index in [1.165, 1.54) is 22.5 Å². The van der Waals surface area contributed by atoms with Gasteiger partial charge in [0.15, 0.2) is 6.61 Å². The SMILES string of the molecule is N#CCCNC(=O)COC(=O)c1cc(S(=O)(=O)N2CCCCC2)ccc1Cl. The molecule has 1 saturated heterocycles. The zero-order valence-electron chi connectivity index (χ0n) is 14.6. The molecule has 0 saturated carbocycles. The highest BCUT2D eigenvalue weighted by Gasteiger charge is 2.27. The predicted octanol–water partition coefficient (Wildman–Crippen LogP) is 1.70. The fourth-order valence-corrected chi connectivity index (χ4v) is 4.33. The molecular formula is C17H20ClN3O5S. The summed E-state index contributed by atoms with van der Waals surface area (Å²) >= 11 is 6.00. The van der Waals surface area contributed by atoms with Crippen LogP contribution in [0.2, 0.25) is 5.02 Å². The number of benzene rings is 1. The van der Waals surface area contributed by atoms with Crippen LogP contribution in [-0.2, 0) is 19.6 Å². The van der Waals surface area contributed by atoms with Crippen LogP contribution < -0.4 is 5.32 Å². The lowest BCUT2D eigenvalue weighted by atomic mass is 10.2. The van der Waals surface area contributed by atoms with Gasteiger partial charge in [-0.15, -0.1) is 0 Å². The molecule has 0 bridgehead atoms. The standard InChI is InChI=1S/C17H20ClN3O5S/c18-15-6-5-13(27(24,25)21-9-2-1-3-10-21)11-14(15)17(23)26-12-16(22)20-8-4-7-19/h5-6,11H,1-4,8-10,12H2,(H,20,22). The summed E-state index contributed by atoms with van der Waals surface area (Å²) in [4.78, 5) is 23.7. The Morgan fingerprint density at radius 1 is 1.26 bits per heavy atom. The average Bonchev–Trinajstić information content (AvgIpc) is 2.67. The summed E-state index contributed by atoms with van der Waals surface area (Å²) in [5, 5.41) is 10.8. The quantitative estimate of drug-likeness (QED) is 0.537. The van der Waals surface area contributed by atoms with Crippen LogP contribution in [0.3, 0.4) is 0 Å². The van der Waals surface area contributed by atoms with Gasteiger partial charge in [0.1, 0.15) is 0 Å². The first-order chi connectivity index (χ1) is 12.9. The molecule has 10 heteroatoms. The molecule has 1 aromatic rings. The summed E-state index contributed by atoms with van der Waals surface area (Å²) in [6.45, 7) is 0.474.